The Bertz CT molecular complexity index is 1060. The number of likely N-dealkylation sites (N-methyl/N-ethyl adjacent to an activating group) is 1. The van der Waals surface area contributed by atoms with Gasteiger partial charge in [0.1, 0.15) is 18.3 Å². The molecule has 9 heteroatoms. The molecule has 1 aromatic carbocycles. The summed E-state index contributed by atoms with van der Waals surface area (Å²) in [7, 11) is 4.86. The van der Waals surface area contributed by atoms with Crippen molar-refractivity contribution < 1.29 is 14.3 Å². The van der Waals surface area contributed by atoms with Crippen LogP contribution in [0.1, 0.15) is 12.5 Å². The summed E-state index contributed by atoms with van der Waals surface area (Å²) in [6.45, 7) is 2.71. The van der Waals surface area contributed by atoms with E-state index in [9.17, 15) is 9.59 Å². The van der Waals surface area contributed by atoms with Crippen LogP contribution in [-0.4, -0.2) is 50.9 Å². The molecular weight excluding hydrogens is 362 g/mol. The Kier molecular flexibility index (Phi) is 5.62. The van der Waals surface area contributed by atoms with Gasteiger partial charge in [-0.25, -0.2) is 4.98 Å². The van der Waals surface area contributed by atoms with Crippen LogP contribution in [-0.2, 0) is 24.9 Å². The summed E-state index contributed by atoms with van der Waals surface area (Å²) in [4.78, 5) is 31.2. The first-order valence-electron chi connectivity index (χ1n) is 8.84. The number of nitrogens with zero attached hydrogens (tertiary/aromatic N) is 5. The molecule has 0 aliphatic rings. The second-order valence-electron chi connectivity index (χ2n) is 6.28. The fourth-order valence-electron chi connectivity index (χ4n) is 3.00. The van der Waals surface area contributed by atoms with Crippen molar-refractivity contribution in [3.05, 3.63) is 46.6 Å². The second-order valence-corrected chi connectivity index (χ2v) is 6.28. The Hall–Kier alpha value is -3.36. The first-order chi connectivity index (χ1) is 13.5. The zero-order chi connectivity index (χ0) is 20.3. The van der Waals surface area contributed by atoms with Crippen LogP contribution in [0.15, 0.2) is 35.5 Å². The number of hydrogen-bond donors (Lipinski definition) is 0. The highest BCUT2D eigenvalue weighted by Crippen LogP contribution is 2.28. The summed E-state index contributed by atoms with van der Waals surface area (Å²) in [5, 5.41) is 4.43. The lowest BCUT2D eigenvalue weighted by atomic mass is 10.2. The van der Waals surface area contributed by atoms with Gasteiger partial charge in [0.05, 0.1) is 20.4 Å². The number of carbonyl (C=O) groups excluding carboxylic acids is 1. The Morgan fingerprint density at radius 2 is 1.96 bits per heavy atom. The lowest BCUT2D eigenvalue weighted by Gasteiger charge is -2.22. The summed E-state index contributed by atoms with van der Waals surface area (Å²) >= 11 is 0. The molecule has 1 amide bonds. The molecule has 0 fully saturated rings. The quantitative estimate of drug-likeness (QED) is 0.607. The minimum absolute atomic E-state index is 0.0855. The van der Waals surface area contributed by atoms with Gasteiger partial charge in [-0.15, -0.1) is 0 Å². The standard InChI is InChI=1S/C19H23N5O4/c1-5-23(10-13-6-7-15(27-3)16(8-13)28-4)17(25)11-24-12-20-18-14(19(24)26)9-21-22(18)2/h6-9,12H,5,10-11H2,1-4H3. The van der Waals surface area contributed by atoms with Crippen LogP contribution in [0.5, 0.6) is 11.5 Å². The fourth-order valence-corrected chi connectivity index (χ4v) is 3.00. The largest absolute Gasteiger partial charge is 0.493 e. The summed E-state index contributed by atoms with van der Waals surface area (Å²) < 4.78 is 13.4. The van der Waals surface area contributed by atoms with Crippen molar-refractivity contribution in [3.8, 4) is 11.5 Å². The highest BCUT2D eigenvalue weighted by molar-refractivity contribution is 5.77. The SMILES string of the molecule is CCN(Cc1ccc(OC)c(OC)c1)C(=O)Cn1cnc2c(cnn2C)c1=O. The molecule has 0 aliphatic heterocycles. The van der Waals surface area contributed by atoms with Crippen molar-refractivity contribution in [2.24, 2.45) is 7.05 Å². The molecule has 0 saturated heterocycles. The number of aromatic nitrogens is 4. The van der Waals surface area contributed by atoms with Crippen molar-refractivity contribution >= 4 is 16.9 Å². The molecule has 0 atom stereocenters. The van der Waals surface area contributed by atoms with E-state index in [2.05, 4.69) is 10.1 Å². The van der Waals surface area contributed by atoms with Gasteiger partial charge in [0.25, 0.3) is 5.56 Å². The molecule has 3 rings (SSSR count). The van der Waals surface area contributed by atoms with E-state index in [1.807, 2.05) is 19.1 Å². The molecule has 2 heterocycles. The van der Waals surface area contributed by atoms with Crippen molar-refractivity contribution in [1.82, 2.24) is 24.2 Å². The van der Waals surface area contributed by atoms with Gasteiger partial charge < -0.3 is 14.4 Å². The van der Waals surface area contributed by atoms with Crippen LogP contribution in [0.4, 0.5) is 0 Å². The van der Waals surface area contributed by atoms with E-state index in [1.165, 1.54) is 21.8 Å². The van der Waals surface area contributed by atoms with Gasteiger partial charge in [-0.2, -0.15) is 5.10 Å². The molecule has 2 aromatic heterocycles. The van der Waals surface area contributed by atoms with Gasteiger partial charge in [0, 0.05) is 20.1 Å². The van der Waals surface area contributed by atoms with Gasteiger partial charge in [-0.1, -0.05) is 6.07 Å². The third kappa shape index (κ3) is 3.68. The van der Waals surface area contributed by atoms with Gasteiger partial charge in [0.2, 0.25) is 5.91 Å². The zero-order valence-corrected chi connectivity index (χ0v) is 16.4. The predicted molar refractivity (Wildman–Crippen MR) is 103 cm³/mol. The smallest absolute Gasteiger partial charge is 0.264 e. The Morgan fingerprint density at radius 1 is 1.21 bits per heavy atom. The van der Waals surface area contributed by atoms with Crippen LogP contribution < -0.4 is 15.0 Å². The highest BCUT2D eigenvalue weighted by atomic mass is 16.5. The lowest BCUT2D eigenvalue weighted by Crippen LogP contribution is -2.36. The number of rotatable bonds is 7. The van der Waals surface area contributed by atoms with Crippen LogP contribution in [0.2, 0.25) is 0 Å². The zero-order valence-electron chi connectivity index (χ0n) is 16.4. The third-order valence-electron chi connectivity index (χ3n) is 4.58. The number of amides is 1. The normalized spacial score (nSPS) is 10.9. The maximum Gasteiger partial charge on any atom is 0.264 e. The molecule has 9 nitrogen and oxygen atoms in total. The van der Waals surface area contributed by atoms with Crippen molar-refractivity contribution in [2.45, 2.75) is 20.0 Å². The van der Waals surface area contributed by atoms with Gasteiger partial charge in [-0.05, 0) is 24.6 Å². The van der Waals surface area contributed by atoms with E-state index >= 15 is 0 Å². The maximum absolute atomic E-state index is 12.8. The average molecular weight is 385 g/mol. The monoisotopic (exact) mass is 385 g/mol. The van der Waals surface area contributed by atoms with Crippen LogP contribution in [0.25, 0.3) is 11.0 Å². The molecule has 28 heavy (non-hydrogen) atoms. The second kappa shape index (κ2) is 8.12. The topological polar surface area (TPSA) is 91.5 Å². The van der Waals surface area contributed by atoms with E-state index in [-0.39, 0.29) is 18.0 Å². The number of hydrogen-bond acceptors (Lipinski definition) is 6. The summed E-state index contributed by atoms with van der Waals surface area (Å²) in [5.74, 6) is 1.05. The number of aryl methyl sites for hydroxylation is 1. The number of benzene rings is 1. The van der Waals surface area contributed by atoms with E-state index in [0.29, 0.717) is 35.6 Å². The highest BCUT2D eigenvalue weighted by Gasteiger charge is 2.16. The number of methoxy groups -OCH3 is 2. The first-order valence-corrected chi connectivity index (χ1v) is 8.84. The number of ether oxygens (including phenoxy) is 2. The summed E-state index contributed by atoms with van der Waals surface area (Å²) in [5.41, 5.74) is 1.11. The molecule has 0 unspecified atom stereocenters. The average Bonchev–Trinajstić information content (AvgIpc) is 3.09. The fraction of sp³-hybridized carbons (Fsp3) is 0.368. The molecule has 0 spiro atoms. The van der Waals surface area contributed by atoms with Crippen LogP contribution in [0.3, 0.4) is 0 Å². The molecule has 0 saturated carbocycles. The van der Waals surface area contributed by atoms with Crippen LogP contribution >= 0.6 is 0 Å². The van der Waals surface area contributed by atoms with Gasteiger partial charge in [0.15, 0.2) is 17.1 Å². The molecular formula is C19H23N5O4. The number of carbonyl (C=O) groups is 1. The molecule has 0 radical (unpaired) electrons. The minimum atomic E-state index is -0.284. The molecule has 0 N–H and O–H groups in total. The van der Waals surface area contributed by atoms with Crippen LogP contribution in [0, 0.1) is 0 Å². The Morgan fingerprint density at radius 3 is 2.64 bits per heavy atom. The van der Waals surface area contributed by atoms with E-state index in [4.69, 9.17) is 9.47 Å². The van der Waals surface area contributed by atoms with Crippen molar-refractivity contribution in [2.75, 3.05) is 20.8 Å². The van der Waals surface area contributed by atoms with Crippen molar-refractivity contribution in [1.29, 1.82) is 0 Å². The van der Waals surface area contributed by atoms with E-state index < -0.39 is 0 Å². The summed E-state index contributed by atoms with van der Waals surface area (Å²) in [6.07, 6.45) is 2.85. The molecule has 3 aromatic rings. The molecule has 148 valence electrons. The van der Waals surface area contributed by atoms with Crippen molar-refractivity contribution in [3.63, 3.8) is 0 Å². The van der Waals surface area contributed by atoms with Gasteiger partial charge >= 0.3 is 0 Å². The maximum atomic E-state index is 12.8. The molecule has 0 bridgehead atoms. The minimum Gasteiger partial charge on any atom is -0.493 e. The predicted octanol–water partition coefficient (Wildman–Crippen LogP) is 1.20. The number of fused-ring (bicyclic) bond motifs is 1. The first kappa shape index (κ1) is 19.4. The summed E-state index contributed by atoms with van der Waals surface area (Å²) in [6, 6.07) is 5.52. The third-order valence-corrected chi connectivity index (χ3v) is 4.58. The lowest BCUT2D eigenvalue weighted by molar-refractivity contribution is -0.132. The van der Waals surface area contributed by atoms with Gasteiger partial charge in [-0.3, -0.25) is 18.8 Å². The van der Waals surface area contributed by atoms with E-state index in [0.717, 1.165) is 5.56 Å². The molecule has 0 aliphatic carbocycles. The Balaban J connectivity index is 1.79. The van der Waals surface area contributed by atoms with E-state index in [1.54, 1.807) is 32.2 Å². The Labute approximate surface area is 162 Å².